The molecule has 0 aromatic carbocycles. The van der Waals surface area contributed by atoms with Gasteiger partial charge in [-0.25, -0.2) is 4.98 Å². The normalized spacial score (nSPS) is 11.4. The molecule has 0 radical (unpaired) electrons. The second-order valence-corrected chi connectivity index (χ2v) is 7.77. The summed E-state index contributed by atoms with van der Waals surface area (Å²) in [5, 5.41) is 7.34. The summed E-state index contributed by atoms with van der Waals surface area (Å²) in [6.07, 6.45) is 8.28. The molecule has 3 aromatic rings. The lowest BCUT2D eigenvalue weighted by molar-refractivity contribution is -0.123. The average molecular weight is 386 g/mol. The van der Waals surface area contributed by atoms with E-state index in [1.54, 1.807) is 11.3 Å². The van der Waals surface area contributed by atoms with Crippen LogP contribution >= 0.6 is 22.7 Å². The highest BCUT2D eigenvalue weighted by molar-refractivity contribution is 7.18. The third-order valence-electron chi connectivity index (χ3n) is 4.52. The lowest BCUT2D eigenvalue weighted by Crippen LogP contribution is -2.48. The van der Waals surface area contributed by atoms with Crippen LogP contribution in [-0.2, 0) is 11.3 Å². The maximum absolute atomic E-state index is 12.9. The van der Waals surface area contributed by atoms with Crippen LogP contribution in [0.15, 0.2) is 34.0 Å². The number of terminal acetylenes is 1. The molecular formula is C19H19N3O2S2. The number of nitrogens with zero attached hydrogens (tertiary/aromatic N) is 2. The van der Waals surface area contributed by atoms with Crippen LogP contribution in [0.25, 0.3) is 20.7 Å². The van der Waals surface area contributed by atoms with E-state index in [2.05, 4.69) is 16.2 Å². The van der Waals surface area contributed by atoms with Crippen molar-refractivity contribution in [3.8, 4) is 22.8 Å². The summed E-state index contributed by atoms with van der Waals surface area (Å²) in [6, 6.07) is 3.92. The zero-order valence-corrected chi connectivity index (χ0v) is 16.2. The third-order valence-corrected chi connectivity index (χ3v) is 6.31. The van der Waals surface area contributed by atoms with E-state index in [0.29, 0.717) is 23.1 Å². The van der Waals surface area contributed by atoms with Crippen LogP contribution in [0.4, 0.5) is 0 Å². The summed E-state index contributed by atoms with van der Waals surface area (Å²) in [4.78, 5) is 31.4. The van der Waals surface area contributed by atoms with Gasteiger partial charge in [0.2, 0.25) is 5.91 Å². The molecule has 3 aromatic heterocycles. The topological polar surface area (TPSA) is 64.0 Å². The largest absolute Gasteiger partial charge is 0.338 e. The van der Waals surface area contributed by atoms with Crippen molar-refractivity contribution in [2.45, 2.75) is 38.8 Å². The zero-order chi connectivity index (χ0) is 18.7. The second kappa shape index (κ2) is 7.44. The molecule has 5 nitrogen and oxygen atoms in total. The van der Waals surface area contributed by atoms with Crippen LogP contribution in [0.1, 0.15) is 26.7 Å². The fraction of sp³-hybridized carbons (Fsp3) is 0.316. The van der Waals surface area contributed by atoms with Crippen molar-refractivity contribution in [2.24, 2.45) is 0 Å². The Morgan fingerprint density at radius 3 is 2.77 bits per heavy atom. The molecular weight excluding hydrogens is 366 g/mol. The van der Waals surface area contributed by atoms with E-state index >= 15 is 0 Å². The van der Waals surface area contributed by atoms with Gasteiger partial charge in [0.15, 0.2) is 0 Å². The molecule has 0 fully saturated rings. The minimum atomic E-state index is -0.678. The number of fused-ring (bicyclic) bond motifs is 1. The summed E-state index contributed by atoms with van der Waals surface area (Å²) in [5.41, 5.74) is -0.0237. The molecule has 26 heavy (non-hydrogen) atoms. The summed E-state index contributed by atoms with van der Waals surface area (Å²) in [6.45, 7) is 3.76. The van der Waals surface area contributed by atoms with Gasteiger partial charge in [-0.3, -0.25) is 14.2 Å². The Morgan fingerprint density at radius 2 is 2.15 bits per heavy atom. The Morgan fingerprint density at radius 1 is 1.38 bits per heavy atom. The molecule has 0 aliphatic heterocycles. The van der Waals surface area contributed by atoms with E-state index in [1.165, 1.54) is 22.2 Å². The van der Waals surface area contributed by atoms with Gasteiger partial charge in [0.25, 0.3) is 5.56 Å². The maximum atomic E-state index is 12.9. The molecule has 1 N–H and O–H groups in total. The number of hydrogen-bond donors (Lipinski definition) is 1. The second-order valence-electron chi connectivity index (χ2n) is 5.97. The Kier molecular flexibility index (Phi) is 5.25. The summed E-state index contributed by atoms with van der Waals surface area (Å²) in [7, 11) is 0. The molecule has 3 rings (SSSR count). The fourth-order valence-electron chi connectivity index (χ4n) is 2.82. The van der Waals surface area contributed by atoms with E-state index in [0.717, 1.165) is 10.4 Å². The first-order valence-electron chi connectivity index (χ1n) is 8.33. The maximum Gasteiger partial charge on any atom is 0.263 e. The van der Waals surface area contributed by atoms with Crippen LogP contribution in [0.3, 0.4) is 0 Å². The Balaban J connectivity index is 1.93. The van der Waals surface area contributed by atoms with Gasteiger partial charge < -0.3 is 5.32 Å². The molecule has 0 spiro atoms. The molecule has 1 amide bonds. The van der Waals surface area contributed by atoms with Crippen LogP contribution in [0.2, 0.25) is 0 Å². The highest BCUT2D eigenvalue weighted by atomic mass is 32.1. The van der Waals surface area contributed by atoms with Crippen molar-refractivity contribution in [1.82, 2.24) is 14.9 Å². The number of nitrogens with one attached hydrogen (secondary N) is 1. The molecule has 0 atom stereocenters. The molecule has 0 saturated carbocycles. The van der Waals surface area contributed by atoms with Crippen molar-refractivity contribution in [1.29, 1.82) is 0 Å². The quantitative estimate of drug-likeness (QED) is 0.661. The number of carbonyl (C=O) groups is 1. The monoisotopic (exact) mass is 385 g/mol. The van der Waals surface area contributed by atoms with Crippen molar-refractivity contribution in [2.75, 3.05) is 0 Å². The van der Waals surface area contributed by atoms with Crippen molar-refractivity contribution >= 4 is 38.8 Å². The minimum absolute atomic E-state index is 0.106. The smallest absolute Gasteiger partial charge is 0.263 e. The van der Waals surface area contributed by atoms with Gasteiger partial charge in [0, 0.05) is 15.8 Å². The van der Waals surface area contributed by atoms with Crippen molar-refractivity contribution in [3.63, 3.8) is 0 Å². The highest BCUT2D eigenvalue weighted by Crippen LogP contribution is 2.33. The predicted octanol–water partition coefficient (Wildman–Crippen LogP) is 3.49. The SMILES string of the molecule is C#CC(CC)(CC)NC(=O)Cn1cnc2scc(-c3cccs3)c2c1=O. The number of carbonyl (C=O) groups excluding carboxylic acids is 1. The number of amides is 1. The molecule has 134 valence electrons. The zero-order valence-electron chi connectivity index (χ0n) is 14.6. The standard InChI is InChI=1S/C19H19N3O2S2/c1-4-19(5-2,6-3)21-15(23)10-22-12-20-17-16(18(22)24)13(11-26-17)14-8-7-9-25-14/h1,7-9,11-12H,5-6,10H2,2-3H3,(H,21,23). The van der Waals surface area contributed by atoms with Crippen LogP contribution in [-0.4, -0.2) is 21.0 Å². The Bertz CT molecular complexity index is 1020. The van der Waals surface area contributed by atoms with Crippen LogP contribution in [0, 0.1) is 12.3 Å². The fourth-order valence-corrected chi connectivity index (χ4v) is 4.54. The van der Waals surface area contributed by atoms with Gasteiger partial charge in [0.05, 0.1) is 11.7 Å². The van der Waals surface area contributed by atoms with E-state index < -0.39 is 5.54 Å². The highest BCUT2D eigenvalue weighted by Gasteiger charge is 2.25. The first-order valence-corrected chi connectivity index (χ1v) is 10.1. The first kappa shape index (κ1) is 18.4. The van der Waals surface area contributed by atoms with E-state index in [-0.39, 0.29) is 18.0 Å². The van der Waals surface area contributed by atoms with Crippen molar-refractivity contribution < 1.29 is 4.79 Å². The van der Waals surface area contributed by atoms with E-state index in [4.69, 9.17) is 6.42 Å². The molecule has 0 aliphatic carbocycles. The third kappa shape index (κ3) is 3.30. The van der Waals surface area contributed by atoms with Gasteiger partial charge in [-0.05, 0) is 24.3 Å². The van der Waals surface area contributed by atoms with Gasteiger partial charge in [0.1, 0.15) is 16.9 Å². The number of thiophene rings is 2. The van der Waals surface area contributed by atoms with Gasteiger partial charge in [-0.2, -0.15) is 0 Å². The summed E-state index contributed by atoms with van der Waals surface area (Å²) < 4.78 is 1.34. The van der Waals surface area contributed by atoms with E-state index in [1.807, 2.05) is 36.7 Å². The van der Waals surface area contributed by atoms with Gasteiger partial charge in [-0.15, -0.1) is 29.1 Å². The van der Waals surface area contributed by atoms with Crippen LogP contribution < -0.4 is 10.9 Å². The molecule has 0 bridgehead atoms. The molecule has 0 saturated heterocycles. The van der Waals surface area contributed by atoms with Gasteiger partial charge in [-0.1, -0.05) is 25.8 Å². The lowest BCUT2D eigenvalue weighted by Gasteiger charge is -2.27. The Hall–Kier alpha value is -2.43. The predicted molar refractivity (Wildman–Crippen MR) is 107 cm³/mol. The number of hydrogen-bond acceptors (Lipinski definition) is 5. The van der Waals surface area contributed by atoms with Gasteiger partial charge >= 0.3 is 0 Å². The number of aromatic nitrogens is 2. The Labute approximate surface area is 159 Å². The molecule has 3 heterocycles. The average Bonchev–Trinajstić information content (AvgIpc) is 3.31. The lowest BCUT2D eigenvalue weighted by atomic mass is 9.94. The van der Waals surface area contributed by atoms with Crippen LogP contribution in [0.5, 0.6) is 0 Å². The first-order chi connectivity index (χ1) is 12.5. The summed E-state index contributed by atoms with van der Waals surface area (Å²) in [5.74, 6) is 2.38. The molecule has 0 aliphatic rings. The number of rotatable bonds is 6. The summed E-state index contributed by atoms with van der Waals surface area (Å²) >= 11 is 3.00. The minimum Gasteiger partial charge on any atom is -0.338 e. The van der Waals surface area contributed by atoms with Crippen molar-refractivity contribution in [3.05, 3.63) is 39.6 Å². The molecule has 0 unspecified atom stereocenters. The molecule has 7 heteroatoms. The van der Waals surface area contributed by atoms with E-state index in [9.17, 15) is 9.59 Å².